The van der Waals surface area contributed by atoms with Crippen LogP contribution in [0.15, 0.2) is 35.7 Å². The molecule has 102 valence electrons. The summed E-state index contributed by atoms with van der Waals surface area (Å²) in [5.41, 5.74) is 0.742. The summed E-state index contributed by atoms with van der Waals surface area (Å²) in [6.07, 6.45) is 2.94. The van der Waals surface area contributed by atoms with Crippen LogP contribution in [-0.4, -0.2) is 25.5 Å². The topological polar surface area (TPSA) is 83.5 Å². The van der Waals surface area contributed by atoms with Gasteiger partial charge in [-0.05, 0) is 30.4 Å². The number of sulfonamides is 1. The summed E-state index contributed by atoms with van der Waals surface area (Å²) in [5, 5.41) is 9.98. The number of rotatable bonds is 6. The maximum absolute atomic E-state index is 11.8. The zero-order chi connectivity index (χ0) is 13.9. The minimum absolute atomic E-state index is 0.0857. The van der Waals surface area contributed by atoms with Gasteiger partial charge >= 0.3 is 5.97 Å². The van der Waals surface area contributed by atoms with E-state index in [0.29, 0.717) is 0 Å². The van der Waals surface area contributed by atoms with Gasteiger partial charge in [0.25, 0.3) is 0 Å². The van der Waals surface area contributed by atoms with Crippen LogP contribution in [0, 0.1) is 5.92 Å². The van der Waals surface area contributed by atoms with E-state index in [2.05, 4.69) is 4.72 Å². The average molecular weight is 281 g/mol. The Bertz CT molecular complexity index is 576. The summed E-state index contributed by atoms with van der Waals surface area (Å²) in [6, 6.07) is 7.93. The standard InChI is InChI=1S/C13H15NO4S/c15-13(16)12(11-6-7-11)14-19(17,18)9-8-10-4-2-1-3-5-10/h1-5,8-9,11-12,14H,6-7H2,(H,15,16). The molecule has 1 unspecified atom stereocenters. The van der Waals surface area contributed by atoms with Crippen molar-refractivity contribution in [3.05, 3.63) is 41.3 Å². The molecule has 1 fully saturated rings. The molecule has 0 aromatic heterocycles. The summed E-state index contributed by atoms with van der Waals surface area (Å²) in [5.74, 6) is -1.21. The molecule has 0 aliphatic heterocycles. The summed E-state index contributed by atoms with van der Waals surface area (Å²) >= 11 is 0. The number of carboxylic acid groups (broad SMARTS) is 1. The van der Waals surface area contributed by atoms with Crippen molar-refractivity contribution in [2.24, 2.45) is 5.92 Å². The average Bonchev–Trinajstić information content (AvgIpc) is 3.19. The van der Waals surface area contributed by atoms with Crippen LogP contribution >= 0.6 is 0 Å². The van der Waals surface area contributed by atoms with Crippen molar-refractivity contribution in [3.8, 4) is 0 Å². The highest BCUT2D eigenvalue weighted by Crippen LogP contribution is 2.33. The van der Waals surface area contributed by atoms with Gasteiger partial charge in [-0.15, -0.1) is 0 Å². The van der Waals surface area contributed by atoms with E-state index in [0.717, 1.165) is 23.8 Å². The van der Waals surface area contributed by atoms with Crippen molar-refractivity contribution in [1.82, 2.24) is 4.72 Å². The normalized spacial score (nSPS) is 17.5. The maximum Gasteiger partial charge on any atom is 0.322 e. The van der Waals surface area contributed by atoms with Crippen LogP contribution in [0.5, 0.6) is 0 Å². The van der Waals surface area contributed by atoms with Crippen molar-refractivity contribution in [1.29, 1.82) is 0 Å². The van der Waals surface area contributed by atoms with E-state index in [1.807, 2.05) is 6.07 Å². The van der Waals surface area contributed by atoms with Crippen molar-refractivity contribution < 1.29 is 18.3 Å². The third-order valence-electron chi connectivity index (χ3n) is 2.89. The van der Waals surface area contributed by atoms with Crippen LogP contribution in [0.25, 0.3) is 6.08 Å². The summed E-state index contributed by atoms with van der Waals surface area (Å²) in [6.45, 7) is 0. The fraction of sp³-hybridized carbons (Fsp3) is 0.308. The Balaban J connectivity index is 2.06. The number of carbonyl (C=O) groups is 1. The lowest BCUT2D eigenvalue weighted by atomic mass is 10.2. The predicted molar refractivity (Wildman–Crippen MR) is 71.7 cm³/mol. The molecule has 1 aromatic rings. The second-order valence-electron chi connectivity index (χ2n) is 4.53. The minimum Gasteiger partial charge on any atom is -0.480 e. The Morgan fingerprint density at radius 2 is 1.95 bits per heavy atom. The highest BCUT2D eigenvalue weighted by Gasteiger charge is 2.38. The first-order valence-electron chi connectivity index (χ1n) is 5.96. The van der Waals surface area contributed by atoms with E-state index in [1.165, 1.54) is 6.08 Å². The lowest BCUT2D eigenvalue weighted by Crippen LogP contribution is -2.41. The molecule has 5 nitrogen and oxygen atoms in total. The molecule has 19 heavy (non-hydrogen) atoms. The number of hydrogen-bond acceptors (Lipinski definition) is 3. The first-order chi connectivity index (χ1) is 8.98. The molecule has 0 spiro atoms. The van der Waals surface area contributed by atoms with Gasteiger partial charge < -0.3 is 5.11 Å². The Labute approximate surface area is 112 Å². The monoisotopic (exact) mass is 281 g/mol. The largest absolute Gasteiger partial charge is 0.480 e. The van der Waals surface area contributed by atoms with Crippen molar-refractivity contribution in [2.75, 3.05) is 0 Å². The van der Waals surface area contributed by atoms with Crippen LogP contribution < -0.4 is 4.72 Å². The van der Waals surface area contributed by atoms with Gasteiger partial charge in [-0.2, -0.15) is 4.72 Å². The maximum atomic E-state index is 11.8. The molecule has 0 saturated heterocycles. The number of carboxylic acids is 1. The molecule has 6 heteroatoms. The Hall–Kier alpha value is -1.66. The zero-order valence-corrected chi connectivity index (χ0v) is 11.0. The second-order valence-corrected chi connectivity index (χ2v) is 6.13. The molecule has 2 N–H and O–H groups in total. The molecule has 0 bridgehead atoms. The van der Waals surface area contributed by atoms with Gasteiger partial charge in [-0.25, -0.2) is 8.42 Å². The molecule has 1 saturated carbocycles. The lowest BCUT2D eigenvalue weighted by Gasteiger charge is -2.11. The van der Waals surface area contributed by atoms with Crippen molar-refractivity contribution in [2.45, 2.75) is 18.9 Å². The van der Waals surface area contributed by atoms with Crippen LogP contribution in [0.3, 0.4) is 0 Å². The first-order valence-corrected chi connectivity index (χ1v) is 7.51. The van der Waals surface area contributed by atoms with Gasteiger partial charge in [0.05, 0.1) is 0 Å². The molecule has 0 heterocycles. The summed E-state index contributed by atoms with van der Waals surface area (Å²) in [7, 11) is -3.74. The molecule has 1 aliphatic rings. The fourth-order valence-corrected chi connectivity index (χ4v) is 2.79. The summed E-state index contributed by atoms with van der Waals surface area (Å²) in [4.78, 5) is 11.0. The van der Waals surface area contributed by atoms with Crippen molar-refractivity contribution in [3.63, 3.8) is 0 Å². The third kappa shape index (κ3) is 4.18. The number of aliphatic carboxylic acids is 1. The second kappa shape index (κ2) is 5.54. The minimum atomic E-state index is -3.74. The third-order valence-corrected chi connectivity index (χ3v) is 3.97. The zero-order valence-electron chi connectivity index (χ0n) is 10.2. The van der Waals surface area contributed by atoms with E-state index in [1.54, 1.807) is 24.3 Å². The van der Waals surface area contributed by atoms with Gasteiger partial charge in [0, 0.05) is 5.41 Å². The van der Waals surface area contributed by atoms with Crippen LogP contribution in [-0.2, 0) is 14.8 Å². The number of benzene rings is 1. The fourth-order valence-electron chi connectivity index (χ4n) is 1.73. The summed E-state index contributed by atoms with van der Waals surface area (Å²) < 4.78 is 25.8. The van der Waals surface area contributed by atoms with E-state index in [-0.39, 0.29) is 5.92 Å². The van der Waals surface area contributed by atoms with Crippen molar-refractivity contribution >= 4 is 22.1 Å². The van der Waals surface area contributed by atoms with E-state index in [4.69, 9.17) is 5.11 Å². The molecular formula is C13H15NO4S. The van der Waals surface area contributed by atoms with Crippen LogP contribution in [0.2, 0.25) is 0 Å². The number of nitrogens with one attached hydrogen (secondary N) is 1. The SMILES string of the molecule is O=C(O)C(NS(=O)(=O)C=Cc1ccccc1)C1CC1. The predicted octanol–water partition coefficient (Wildman–Crippen LogP) is 1.44. The van der Waals surface area contributed by atoms with Gasteiger partial charge in [0.15, 0.2) is 0 Å². The number of hydrogen-bond donors (Lipinski definition) is 2. The molecule has 0 radical (unpaired) electrons. The quantitative estimate of drug-likeness (QED) is 0.826. The highest BCUT2D eigenvalue weighted by molar-refractivity contribution is 7.92. The van der Waals surface area contributed by atoms with E-state index < -0.39 is 22.0 Å². The lowest BCUT2D eigenvalue weighted by molar-refractivity contribution is -0.139. The molecule has 1 aliphatic carbocycles. The molecule has 0 amide bonds. The van der Waals surface area contributed by atoms with Gasteiger partial charge in [-0.3, -0.25) is 4.79 Å². The van der Waals surface area contributed by atoms with Gasteiger partial charge in [0.1, 0.15) is 6.04 Å². The first kappa shape index (κ1) is 13.8. The molecular weight excluding hydrogens is 266 g/mol. The molecule has 1 aromatic carbocycles. The van der Waals surface area contributed by atoms with Crippen LogP contribution in [0.1, 0.15) is 18.4 Å². The smallest absolute Gasteiger partial charge is 0.322 e. The molecule has 2 rings (SSSR count). The van der Waals surface area contributed by atoms with Crippen LogP contribution in [0.4, 0.5) is 0 Å². The Morgan fingerprint density at radius 3 is 2.47 bits per heavy atom. The Kier molecular flexibility index (Phi) is 4.01. The van der Waals surface area contributed by atoms with E-state index in [9.17, 15) is 13.2 Å². The Morgan fingerprint density at radius 1 is 1.32 bits per heavy atom. The highest BCUT2D eigenvalue weighted by atomic mass is 32.2. The van der Waals surface area contributed by atoms with Gasteiger partial charge in [-0.1, -0.05) is 30.3 Å². The van der Waals surface area contributed by atoms with Gasteiger partial charge in [0.2, 0.25) is 10.0 Å². The van der Waals surface area contributed by atoms with E-state index >= 15 is 0 Å². The molecule has 1 atom stereocenters.